The molecule has 28 heavy (non-hydrogen) atoms. The van der Waals surface area contributed by atoms with Crippen LogP contribution in [0.15, 0.2) is 0 Å². The first-order chi connectivity index (χ1) is 13.2. The van der Waals surface area contributed by atoms with Crippen molar-refractivity contribution in [2.24, 2.45) is 17.2 Å². The second-order valence-corrected chi connectivity index (χ2v) is 6.58. The molecule has 0 heterocycles. The van der Waals surface area contributed by atoms with Crippen molar-refractivity contribution in [1.29, 1.82) is 0 Å². The lowest BCUT2D eigenvalue weighted by molar-refractivity contribution is -0.141. The van der Waals surface area contributed by atoms with Crippen molar-refractivity contribution in [1.82, 2.24) is 16.0 Å². The topological polar surface area (TPSA) is 203 Å². The summed E-state index contributed by atoms with van der Waals surface area (Å²) < 4.78 is 0. The predicted molar refractivity (Wildman–Crippen MR) is 104 cm³/mol. The van der Waals surface area contributed by atoms with Crippen LogP contribution < -0.4 is 33.2 Å². The summed E-state index contributed by atoms with van der Waals surface area (Å²) in [7, 11) is 0. The molecule has 0 aliphatic heterocycles. The Labute approximate surface area is 165 Å². The van der Waals surface area contributed by atoms with Gasteiger partial charge < -0.3 is 38.3 Å². The predicted octanol–water partition coefficient (Wildman–Crippen LogP) is -2.24. The highest BCUT2D eigenvalue weighted by Crippen LogP contribution is 2.03. The van der Waals surface area contributed by atoms with Gasteiger partial charge in [-0.1, -0.05) is 6.42 Å². The van der Waals surface area contributed by atoms with E-state index in [2.05, 4.69) is 16.0 Å². The molecule has 0 aliphatic rings. The van der Waals surface area contributed by atoms with Crippen molar-refractivity contribution in [3.63, 3.8) is 0 Å². The highest BCUT2D eigenvalue weighted by Gasteiger charge is 2.24. The van der Waals surface area contributed by atoms with Crippen molar-refractivity contribution in [2.75, 3.05) is 19.6 Å². The molecule has 0 aliphatic carbocycles. The van der Waals surface area contributed by atoms with E-state index in [4.69, 9.17) is 22.3 Å². The van der Waals surface area contributed by atoms with Gasteiger partial charge in [0.15, 0.2) is 0 Å². The third-order valence-electron chi connectivity index (χ3n) is 4.06. The summed E-state index contributed by atoms with van der Waals surface area (Å²) in [6.45, 7) is 1.88. The third-order valence-corrected chi connectivity index (χ3v) is 4.06. The highest BCUT2D eigenvalue weighted by atomic mass is 16.4. The average molecular weight is 402 g/mol. The van der Waals surface area contributed by atoms with Crippen molar-refractivity contribution in [3.05, 3.63) is 0 Å². The maximum Gasteiger partial charge on any atom is 0.325 e. The molecule has 3 atom stereocenters. The van der Waals surface area contributed by atoms with Crippen molar-refractivity contribution >= 4 is 23.7 Å². The van der Waals surface area contributed by atoms with Crippen molar-refractivity contribution < 1.29 is 24.3 Å². The monoisotopic (exact) mass is 402 g/mol. The van der Waals surface area contributed by atoms with Crippen LogP contribution in [0.5, 0.6) is 0 Å². The number of nitrogens with two attached hydrogens (primary N) is 3. The molecule has 0 rings (SSSR count). The highest BCUT2D eigenvalue weighted by molar-refractivity contribution is 5.92. The van der Waals surface area contributed by atoms with Crippen LogP contribution in [0.25, 0.3) is 0 Å². The van der Waals surface area contributed by atoms with Gasteiger partial charge in [0.25, 0.3) is 0 Å². The summed E-state index contributed by atoms with van der Waals surface area (Å²) in [6, 6.07) is -2.68. The van der Waals surface area contributed by atoms with Crippen LogP contribution in [0.1, 0.15) is 45.4 Å². The maximum atomic E-state index is 12.4. The molecule has 0 fully saturated rings. The summed E-state index contributed by atoms with van der Waals surface area (Å²) in [6.07, 6.45) is 3.55. The van der Waals surface area contributed by atoms with E-state index < -0.39 is 48.4 Å². The number of carboxylic acids is 1. The molecule has 3 amide bonds. The Morgan fingerprint density at radius 1 is 0.893 bits per heavy atom. The maximum absolute atomic E-state index is 12.4. The van der Waals surface area contributed by atoms with E-state index in [0.29, 0.717) is 45.2 Å². The van der Waals surface area contributed by atoms with Crippen LogP contribution >= 0.6 is 0 Å². The molecule has 0 bridgehead atoms. The summed E-state index contributed by atoms with van der Waals surface area (Å²) in [5, 5.41) is 16.0. The van der Waals surface area contributed by atoms with E-state index >= 15 is 0 Å². The van der Waals surface area contributed by atoms with Crippen LogP contribution in [-0.4, -0.2) is 66.6 Å². The number of hydrogen-bond donors (Lipinski definition) is 7. The number of carboxylic acid groups (broad SMARTS) is 1. The Hall–Kier alpha value is -2.24. The van der Waals surface area contributed by atoms with Gasteiger partial charge in [-0.25, -0.2) is 0 Å². The molecule has 0 aromatic rings. The first kappa shape index (κ1) is 25.8. The van der Waals surface area contributed by atoms with Crippen LogP contribution in [0, 0.1) is 0 Å². The number of nitrogens with one attached hydrogen (secondary N) is 3. The molecule has 3 unspecified atom stereocenters. The minimum absolute atomic E-state index is 0.345. The molecule has 0 spiro atoms. The van der Waals surface area contributed by atoms with E-state index in [0.717, 1.165) is 6.42 Å². The summed E-state index contributed by atoms with van der Waals surface area (Å²) in [4.78, 5) is 47.0. The van der Waals surface area contributed by atoms with E-state index in [1.165, 1.54) is 6.92 Å². The van der Waals surface area contributed by atoms with Gasteiger partial charge in [-0.3, -0.25) is 19.2 Å². The minimum atomic E-state index is -1.18. The molecule has 0 saturated heterocycles. The normalized spacial score (nSPS) is 13.9. The smallest absolute Gasteiger partial charge is 0.325 e. The number of aliphatic carboxylic acids is 1. The van der Waals surface area contributed by atoms with E-state index in [1.54, 1.807) is 0 Å². The van der Waals surface area contributed by atoms with Gasteiger partial charge in [-0.05, 0) is 52.1 Å². The quantitative estimate of drug-likeness (QED) is 0.149. The number of carbonyl (C=O) groups excluding carboxylic acids is 3. The number of unbranched alkanes of at least 4 members (excludes halogenated alkanes) is 2. The van der Waals surface area contributed by atoms with Gasteiger partial charge in [0.1, 0.15) is 12.1 Å². The SMILES string of the molecule is CC(NC(=O)CNC(=O)C(CCCCN)NC(=O)C(N)CCCCN)C(=O)O. The second kappa shape index (κ2) is 14.8. The molecule has 0 saturated carbocycles. The van der Waals surface area contributed by atoms with Crippen LogP contribution in [0.2, 0.25) is 0 Å². The van der Waals surface area contributed by atoms with Gasteiger partial charge >= 0.3 is 5.97 Å². The van der Waals surface area contributed by atoms with E-state index in [-0.39, 0.29) is 0 Å². The number of amides is 3. The van der Waals surface area contributed by atoms with E-state index in [1.807, 2.05) is 0 Å². The minimum Gasteiger partial charge on any atom is -0.480 e. The summed E-state index contributed by atoms with van der Waals surface area (Å²) >= 11 is 0. The molecular weight excluding hydrogens is 368 g/mol. The Kier molecular flexibility index (Phi) is 13.6. The van der Waals surface area contributed by atoms with Crippen LogP contribution in [0.3, 0.4) is 0 Å². The zero-order valence-electron chi connectivity index (χ0n) is 16.4. The summed E-state index contributed by atoms with van der Waals surface area (Å²) in [5.74, 6) is -2.82. The van der Waals surface area contributed by atoms with Gasteiger partial charge in [0.2, 0.25) is 17.7 Å². The van der Waals surface area contributed by atoms with Crippen LogP contribution in [-0.2, 0) is 19.2 Å². The lowest BCUT2D eigenvalue weighted by atomic mass is 10.1. The molecule has 0 aromatic heterocycles. The molecule has 11 heteroatoms. The zero-order chi connectivity index (χ0) is 21.5. The zero-order valence-corrected chi connectivity index (χ0v) is 16.4. The average Bonchev–Trinajstić information content (AvgIpc) is 2.65. The molecule has 0 aromatic carbocycles. The Bertz CT molecular complexity index is 516. The first-order valence-corrected chi connectivity index (χ1v) is 9.48. The number of carbonyl (C=O) groups is 4. The molecule has 162 valence electrons. The van der Waals surface area contributed by atoms with Gasteiger partial charge in [-0.2, -0.15) is 0 Å². The van der Waals surface area contributed by atoms with Crippen LogP contribution in [0.4, 0.5) is 0 Å². The molecule has 10 N–H and O–H groups in total. The Morgan fingerprint density at radius 2 is 1.46 bits per heavy atom. The van der Waals surface area contributed by atoms with E-state index in [9.17, 15) is 19.2 Å². The standard InChI is InChI=1S/C17H34N6O5/c1-11(17(27)28)22-14(24)10-21-16(26)13(7-3-5-9-19)23-15(25)12(20)6-2-4-8-18/h11-13H,2-10,18-20H2,1H3,(H,21,26)(H,22,24)(H,23,25)(H,27,28). The van der Waals surface area contributed by atoms with Crippen molar-refractivity contribution in [2.45, 2.75) is 63.6 Å². The third kappa shape index (κ3) is 11.5. The lowest BCUT2D eigenvalue weighted by Crippen LogP contribution is -2.53. The molecular formula is C17H34N6O5. The van der Waals surface area contributed by atoms with Crippen molar-refractivity contribution in [3.8, 4) is 0 Å². The first-order valence-electron chi connectivity index (χ1n) is 9.48. The fraction of sp³-hybridized carbons (Fsp3) is 0.765. The van der Waals surface area contributed by atoms with Gasteiger partial charge in [-0.15, -0.1) is 0 Å². The number of rotatable bonds is 15. The molecule has 11 nitrogen and oxygen atoms in total. The van der Waals surface area contributed by atoms with Gasteiger partial charge in [0, 0.05) is 0 Å². The number of hydrogen-bond acceptors (Lipinski definition) is 7. The second-order valence-electron chi connectivity index (χ2n) is 6.58. The summed E-state index contributed by atoms with van der Waals surface area (Å²) in [5.41, 5.74) is 16.7. The molecule has 0 radical (unpaired) electrons. The lowest BCUT2D eigenvalue weighted by Gasteiger charge is -2.21. The Morgan fingerprint density at radius 3 is 2.00 bits per heavy atom. The fourth-order valence-electron chi connectivity index (χ4n) is 2.32. The fourth-order valence-corrected chi connectivity index (χ4v) is 2.32. The van der Waals surface area contributed by atoms with Gasteiger partial charge in [0.05, 0.1) is 12.6 Å². The largest absolute Gasteiger partial charge is 0.480 e. The Balaban J connectivity index is 4.66.